The number of nitrogens with zero attached hydrogens (tertiary/aromatic N) is 6. The van der Waals surface area contributed by atoms with E-state index < -0.39 is 11.7 Å². The standard InChI is InChI=1S/C25H28N6O6/c1-27-22(15-23(32)28(2)25(27)34)30-13-11-29(12-14-30)16-19(31(35)36)17-37-20-8-6-18(7-9-20)24(33)21-5-3-4-10-26-21/h3-10,15,19H,11-14,16-17H2,1-2H3. The van der Waals surface area contributed by atoms with Gasteiger partial charge in [-0.3, -0.25) is 38.7 Å². The molecule has 12 heteroatoms. The number of benzene rings is 1. The average molecular weight is 509 g/mol. The first-order valence-electron chi connectivity index (χ1n) is 11.8. The molecule has 0 N–H and O–H groups in total. The first kappa shape index (κ1) is 25.8. The molecule has 1 unspecified atom stereocenters. The first-order chi connectivity index (χ1) is 17.7. The fourth-order valence-corrected chi connectivity index (χ4v) is 4.20. The lowest BCUT2D eigenvalue weighted by Gasteiger charge is -2.36. The Kier molecular flexibility index (Phi) is 7.77. The molecule has 3 aromatic rings. The lowest BCUT2D eigenvalue weighted by Crippen LogP contribution is -2.52. The van der Waals surface area contributed by atoms with Gasteiger partial charge in [0.05, 0.1) is 6.54 Å². The molecule has 1 atom stereocenters. The fourth-order valence-electron chi connectivity index (χ4n) is 4.20. The molecule has 2 aromatic heterocycles. The van der Waals surface area contributed by atoms with Crippen molar-refractivity contribution in [3.05, 3.63) is 96.9 Å². The molecule has 1 aliphatic rings. The van der Waals surface area contributed by atoms with Gasteiger partial charge in [-0.2, -0.15) is 0 Å². The smallest absolute Gasteiger partial charge is 0.332 e. The van der Waals surface area contributed by atoms with Crippen LogP contribution in [0.1, 0.15) is 16.1 Å². The molecule has 3 heterocycles. The molecule has 12 nitrogen and oxygen atoms in total. The van der Waals surface area contributed by atoms with Gasteiger partial charge < -0.3 is 9.64 Å². The minimum absolute atomic E-state index is 0.121. The van der Waals surface area contributed by atoms with Gasteiger partial charge in [0.2, 0.25) is 5.78 Å². The van der Waals surface area contributed by atoms with Gasteiger partial charge >= 0.3 is 5.69 Å². The fraction of sp³-hybridized carbons (Fsp3) is 0.360. The number of pyridine rings is 1. The summed E-state index contributed by atoms with van der Waals surface area (Å²) < 4.78 is 8.15. The van der Waals surface area contributed by atoms with Crippen molar-refractivity contribution < 1.29 is 14.5 Å². The van der Waals surface area contributed by atoms with Crippen molar-refractivity contribution in [3.8, 4) is 5.75 Å². The van der Waals surface area contributed by atoms with E-state index in [1.54, 1.807) is 55.7 Å². The summed E-state index contributed by atoms with van der Waals surface area (Å²) in [6, 6.07) is 12.0. The van der Waals surface area contributed by atoms with Crippen molar-refractivity contribution in [1.29, 1.82) is 0 Å². The summed E-state index contributed by atoms with van der Waals surface area (Å²) in [5, 5.41) is 11.7. The molecule has 0 spiro atoms. The number of nitro groups is 1. The molecule has 0 bridgehead atoms. The number of rotatable bonds is 9. The second-order valence-corrected chi connectivity index (χ2v) is 8.85. The second-order valence-electron chi connectivity index (χ2n) is 8.85. The zero-order valence-electron chi connectivity index (χ0n) is 20.6. The molecule has 0 aliphatic carbocycles. The maximum Gasteiger partial charge on any atom is 0.332 e. The van der Waals surface area contributed by atoms with Gasteiger partial charge in [0.1, 0.15) is 17.3 Å². The topological polar surface area (TPSA) is 133 Å². The van der Waals surface area contributed by atoms with Gasteiger partial charge in [0.15, 0.2) is 6.61 Å². The zero-order valence-corrected chi connectivity index (χ0v) is 20.6. The number of carbonyl (C=O) groups excluding carboxylic acids is 1. The van der Waals surface area contributed by atoms with E-state index in [9.17, 15) is 24.5 Å². The maximum absolute atomic E-state index is 12.5. The quantitative estimate of drug-likeness (QED) is 0.231. The zero-order chi connectivity index (χ0) is 26.5. The van der Waals surface area contributed by atoms with Gasteiger partial charge in [-0.05, 0) is 36.4 Å². The van der Waals surface area contributed by atoms with Crippen LogP contribution in [0.5, 0.6) is 5.75 Å². The van der Waals surface area contributed by atoms with Crippen molar-refractivity contribution in [3.63, 3.8) is 0 Å². The summed E-state index contributed by atoms with van der Waals surface area (Å²) in [6.45, 7) is 2.21. The summed E-state index contributed by atoms with van der Waals surface area (Å²) in [6.07, 6.45) is 1.55. The minimum Gasteiger partial charge on any atom is -0.486 e. The Labute approximate surface area is 212 Å². The molecule has 1 fully saturated rings. The number of ether oxygens (including phenoxy) is 1. The number of piperazine rings is 1. The highest BCUT2D eigenvalue weighted by Crippen LogP contribution is 2.16. The molecule has 37 heavy (non-hydrogen) atoms. The second kappa shape index (κ2) is 11.2. The van der Waals surface area contributed by atoms with E-state index in [2.05, 4.69) is 4.98 Å². The van der Waals surface area contributed by atoms with Gasteiger partial charge in [-0.25, -0.2) is 4.79 Å². The van der Waals surface area contributed by atoms with Crippen LogP contribution in [0, 0.1) is 10.1 Å². The minimum atomic E-state index is -0.949. The monoisotopic (exact) mass is 508 g/mol. The van der Waals surface area contributed by atoms with Crippen LogP contribution in [-0.2, 0) is 14.1 Å². The highest BCUT2D eigenvalue weighted by molar-refractivity contribution is 6.07. The van der Waals surface area contributed by atoms with Crippen molar-refractivity contribution in [2.24, 2.45) is 14.1 Å². The molecule has 194 valence electrons. The third-order valence-electron chi connectivity index (χ3n) is 6.42. The van der Waals surface area contributed by atoms with Gasteiger partial charge in [0, 0.05) is 63.0 Å². The van der Waals surface area contributed by atoms with Gasteiger partial charge in [-0.15, -0.1) is 0 Å². The average Bonchev–Trinajstić information content (AvgIpc) is 2.92. The molecule has 0 amide bonds. The van der Waals surface area contributed by atoms with Crippen LogP contribution in [-0.4, -0.2) is 75.1 Å². The summed E-state index contributed by atoms with van der Waals surface area (Å²) in [5.41, 5.74) is 0.00926. The Morgan fingerprint density at radius 3 is 2.38 bits per heavy atom. The Morgan fingerprint density at radius 2 is 1.76 bits per heavy atom. The first-order valence-corrected chi connectivity index (χ1v) is 11.8. The van der Waals surface area contributed by atoms with E-state index in [-0.39, 0.29) is 29.4 Å². The molecule has 4 rings (SSSR count). The predicted molar refractivity (Wildman–Crippen MR) is 136 cm³/mol. The predicted octanol–water partition coefficient (Wildman–Crippen LogP) is 0.556. The molecule has 1 aliphatic heterocycles. The third kappa shape index (κ3) is 5.92. The maximum atomic E-state index is 12.5. The van der Waals surface area contributed by atoms with Crippen LogP contribution in [0.25, 0.3) is 0 Å². The van der Waals surface area contributed by atoms with E-state index in [0.717, 1.165) is 4.57 Å². The number of hydrogen-bond acceptors (Lipinski definition) is 9. The highest BCUT2D eigenvalue weighted by Gasteiger charge is 2.28. The third-order valence-corrected chi connectivity index (χ3v) is 6.42. The van der Waals surface area contributed by atoms with Crippen LogP contribution in [0.15, 0.2) is 64.3 Å². The number of anilines is 1. The SMILES string of the molecule is Cn1c(N2CCN(CC(COc3ccc(C(=O)c4ccccn4)cc3)[N+](=O)[O-])CC2)cc(=O)n(C)c1=O. The Morgan fingerprint density at radius 1 is 1.05 bits per heavy atom. The molecule has 1 saturated heterocycles. The number of aromatic nitrogens is 3. The Bertz CT molecular complexity index is 1380. The van der Waals surface area contributed by atoms with Crippen molar-refractivity contribution in [1.82, 2.24) is 19.0 Å². The molecule has 0 saturated carbocycles. The van der Waals surface area contributed by atoms with Crippen LogP contribution in [0.2, 0.25) is 0 Å². The number of hydrogen-bond donors (Lipinski definition) is 0. The van der Waals surface area contributed by atoms with Crippen molar-refractivity contribution >= 4 is 11.6 Å². The summed E-state index contributed by atoms with van der Waals surface area (Å²) in [7, 11) is 3.05. The Hall–Kier alpha value is -4.32. The molecule has 0 radical (unpaired) electrons. The normalized spacial score (nSPS) is 14.8. The van der Waals surface area contributed by atoms with Crippen molar-refractivity contribution in [2.75, 3.05) is 44.2 Å². The lowest BCUT2D eigenvalue weighted by molar-refractivity contribution is -0.525. The van der Waals surface area contributed by atoms with Crippen LogP contribution >= 0.6 is 0 Å². The van der Waals surface area contributed by atoms with E-state index in [1.807, 2.05) is 9.80 Å². The van der Waals surface area contributed by atoms with Gasteiger partial charge in [-0.1, -0.05) is 6.07 Å². The van der Waals surface area contributed by atoms with Gasteiger partial charge in [0.25, 0.3) is 11.6 Å². The Balaban J connectivity index is 1.32. The van der Waals surface area contributed by atoms with E-state index in [4.69, 9.17) is 4.74 Å². The van der Waals surface area contributed by atoms with Crippen molar-refractivity contribution in [2.45, 2.75) is 6.04 Å². The largest absolute Gasteiger partial charge is 0.486 e. The summed E-state index contributed by atoms with van der Waals surface area (Å²) >= 11 is 0. The summed E-state index contributed by atoms with van der Waals surface area (Å²) in [4.78, 5) is 56.1. The van der Waals surface area contributed by atoms with E-state index >= 15 is 0 Å². The molecular formula is C25H28N6O6. The van der Waals surface area contributed by atoms with Crippen LogP contribution in [0.4, 0.5) is 5.82 Å². The van der Waals surface area contributed by atoms with Crippen LogP contribution in [0.3, 0.4) is 0 Å². The lowest BCUT2D eigenvalue weighted by atomic mass is 10.1. The number of ketones is 1. The number of carbonyl (C=O) groups is 1. The molecular weight excluding hydrogens is 480 g/mol. The van der Waals surface area contributed by atoms with Crippen LogP contribution < -0.4 is 20.9 Å². The van der Waals surface area contributed by atoms with E-state index in [1.165, 1.54) is 17.7 Å². The molecule has 1 aromatic carbocycles. The summed E-state index contributed by atoms with van der Waals surface area (Å²) in [5.74, 6) is 0.748. The highest BCUT2D eigenvalue weighted by atomic mass is 16.6. The van der Waals surface area contributed by atoms with E-state index in [0.29, 0.717) is 49.0 Å².